The first-order chi connectivity index (χ1) is 6.86. The van der Waals surface area contributed by atoms with Crippen molar-refractivity contribution in [2.45, 2.75) is 17.3 Å². The van der Waals surface area contributed by atoms with Crippen LogP contribution in [-0.4, -0.2) is 25.1 Å². The van der Waals surface area contributed by atoms with Crippen LogP contribution < -0.4 is 5.32 Å². The molecular weight excluding hydrogens is 194 g/mol. The van der Waals surface area contributed by atoms with E-state index in [2.05, 4.69) is 36.5 Å². The second-order valence-corrected chi connectivity index (χ2v) is 4.59. The number of rotatable bonds is 2. The Balaban J connectivity index is 1.99. The van der Waals surface area contributed by atoms with Crippen molar-refractivity contribution in [2.75, 3.05) is 19.7 Å². The van der Waals surface area contributed by atoms with E-state index in [4.69, 9.17) is 4.74 Å². The highest BCUT2D eigenvalue weighted by molar-refractivity contribution is 7.99. The highest BCUT2D eigenvalue weighted by Gasteiger charge is 2.14. The van der Waals surface area contributed by atoms with E-state index in [-0.39, 0.29) is 5.44 Å². The number of hydrogen-bond acceptors (Lipinski definition) is 3. The van der Waals surface area contributed by atoms with Crippen LogP contribution in [0.15, 0.2) is 29.2 Å². The summed E-state index contributed by atoms with van der Waals surface area (Å²) in [6.07, 6.45) is 0. The van der Waals surface area contributed by atoms with Gasteiger partial charge in [0.1, 0.15) is 5.44 Å². The third kappa shape index (κ3) is 2.50. The number of ether oxygens (including phenoxy) is 1. The van der Waals surface area contributed by atoms with Gasteiger partial charge in [0.25, 0.3) is 0 Å². The lowest BCUT2D eigenvalue weighted by Crippen LogP contribution is -2.36. The summed E-state index contributed by atoms with van der Waals surface area (Å²) >= 11 is 1.81. The van der Waals surface area contributed by atoms with Crippen molar-refractivity contribution in [3.05, 3.63) is 29.8 Å². The fraction of sp³-hybridized carbons (Fsp3) is 0.455. The van der Waals surface area contributed by atoms with Gasteiger partial charge in [-0.1, -0.05) is 30.0 Å². The fourth-order valence-corrected chi connectivity index (χ4v) is 2.51. The quantitative estimate of drug-likeness (QED) is 0.805. The number of hydrogen-bond donors (Lipinski definition) is 1. The molecule has 1 aromatic rings. The van der Waals surface area contributed by atoms with Gasteiger partial charge in [-0.15, -0.1) is 0 Å². The summed E-state index contributed by atoms with van der Waals surface area (Å²) < 4.78 is 5.64. The first-order valence-corrected chi connectivity index (χ1v) is 5.79. The zero-order valence-electron chi connectivity index (χ0n) is 8.32. The molecule has 0 bridgehead atoms. The third-order valence-corrected chi connectivity index (χ3v) is 3.52. The summed E-state index contributed by atoms with van der Waals surface area (Å²) in [6.45, 7) is 4.88. The lowest BCUT2D eigenvalue weighted by molar-refractivity contribution is 0.0852. The minimum atomic E-state index is 0.268. The number of nitrogens with one attached hydrogen (secondary N) is 1. The van der Waals surface area contributed by atoms with Crippen molar-refractivity contribution in [3.63, 3.8) is 0 Å². The summed E-state index contributed by atoms with van der Waals surface area (Å²) in [5.41, 5.74) is 1.59. The van der Waals surface area contributed by atoms with Gasteiger partial charge < -0.3 is 10.1 Å². The van der Waals surface area contributed by atoms with Crippen molar-refractivity contribution < 1.29 is 4.74 Å². The molecule has 1 saturated heterocycles. The maximum absolute atomic E-state index is 5.64. The van der Waals surface area contributed by atoms with Gasteiger partial charge in [0.2, 0.25) is 0 Å². The minimum Gasteiger partial charge on any atom is -0.365 e. The van der Waals surface area contributed by atoms with E-state index < -0.39 is 0 Å². The summed E-state index contributed by atoms with van der Waals surface area (Å²) in [4.78, 5) is 1.32. The maximum atomic E-state index is 5.64. The monoisotopic (exact) mass is 209 g/mol. The molecule has 1 atom stereocenters. The Labute approximate surface area is 89.0 Å². The van der Waals surface area contributed by atoms with Crippen LogP contribution in [-0.2, 0) is 4.74 Å². The molecule has 0 aromatic heterocycles. The second kappa shape index (κ2) is 4.82. The molecule has 1 unspecified atom stereocenters. The Hall–Kier alpha value is -0.510. The van der Waals surface area contributed by atoms with Crippen LogP contribution in [0, 0.1) is 6.92 Å². The Morgan fingerprint density at radius 2 is 2.29 bits per heavy atom. The summed E-state index contributed by atoms with van der Waals surface area (Å²) in [5.74, 6) is 0. The van der Waals surface area contributed by atoms with Crippen molar-refractivity contribution in [1.82, 2.24) is 5.32 Å². The normalized spacial score (nSPS) is 22.2. The Morgan fingerprint density at radius 1 is 1.43 bits per heavy atom. The molecule has 1 aliphatic heterocycles. The van der Waals surface area contributed by atoms with E-state index in [0.29, 0.717) is 0 Å². The summed E-state index contributed by atoms with van der Waals surface area (Å²) in [6, 6.07) is 8.43. The van der Waals surface area contributed by atoms with E-state index in [0.717, 1.165) is 19.7 Å². The second-order valence-electron chi connectivity index (χ2n) is 3.39. The molecule has 3 heteroatoms. The van der Waals surface area contributed by atoms with E-state index in [1.165, 1.54) is 10.5 Å². The molecule has 1 heterocycles. The average Bonchev–Trinajstić information content (AvgIpc) is 2.23. The third-order valence-electron chi connectivity index (χ3n) is 2.25. The molecule has 2 nitrogen and oxygen atoms in total. The first kappa shape index (κ1) is 10.0. The number of morpholine rings is 1. The Morgan fingerprint density at radius 3 is 3.00 bits per heavy atom. The molecule has 0 saturated carbocycles. The van der Waals surface area contributed by atoms with Crippen molar-refractivity contribution in [2.24, 2.45) is 0 Å². The van der Waals surface area contributed by atoms with E-state index in [1.54, 1.807) is 11.8 Å². The van der Waals surface area contributed by atoms with Crippen LogP contribution in [0.5, 0.6) is 0 Å². The molecular formula is C11H15NOS. The maximum Gasteiger partial charge on any atom is 0.120 e. The molecule has 1 N–H and O–H groups in total. The number of benzene rings is 1. The standard InChI is InChI=1S/C11H15NOS/c1-9-4-2-3-5-10(9)14-11-8-12-6-7-13-11/h2-5,11-12H,6-8H2,1H3. The number of thioether (sulfide) groups is 1. The molecule has 14 heavy (non-hydrogen) atoms. The Bertz CT molecular complexity index is 297. The van der Waals surface area contributed by atoms with Crippen LogP contribution in [0.4, 0.5) is 0 Å². The van der Waals surface area contributed by atoms with Gasteiger partial charge in [-0.3, -0.25) is 0 Å². The summed E-state index contributed by atoms with van der Waals surface area (Å²) in [5, 5.41) is 3.33. The van der Waals surface area contributed by atoms with E-state index in [1.807, 2.05) is 0 Å². The van der Waals surface area contributed by atoms with Crippen LogP contribution >= 0.6 is 11.8 Å². The lowest BCUT2D eigenvalue weighted by Gasteiger charge is -2.23. The van der Waals surface area contributed by atoms with Crippen LogP contribution in [0.1, 0.15) is 5.56 Å². The molecule has 0 amide bonds. The predicted octanol–water partition coefficient (Wildman–Crippen LogP) is 2.03. The summed E-state index contributed by atoms with van der Waals surface area (Å²) in [7, 11) is 0. The zero-order valence-corrected chi connectivity index (χ0v) is 9.14. The highest BCUT2D eigenvalue weighted by Crippen LogP contribution is 2.27. The number of aryl methyl sites for hydroxylation is 1. The van der Waals surface area contributed by atoms with Gasteiger partial charge in [0, 0.05) is 18.0 Å². The molecule has 0 aliphatic carbocycles. The van der Waals surface area contributed by atoms with Crippen molar-refractivity contribution >= 4 is 11.8 Å². The van der Waals surface area contributed by atoms with Crippen molar-refractivity contribution in [3.8, 4) is 0 Å². The highest BCUT2D eigenvalue weighted by atomic mass is 32.2. The molecule has 1 aliphatic rings. The molecule has 0 radical (unpaired) electrons. The largest absolute Gasteiger partial charge is 0.365 e. The fourth-order valence-electron chi connectivity index (χ4n) is 1.45. The Kier molecular flexibility index (Phi) is 3.45. The zero-order chi connectivity index (χ0) is 9.80. The molecule has 1 aromatic carbocycles. The molecule has 76 valence electrons. The van der Waals surface area contributed by atoms with E-state index in [9.17, 15) is 0 Å². The molecule has 0 spiro atoms. The van der Waals surface area contributed by atoms with Gasteiger partial charge in [-0.25, -0.2) is 0 Å². The first-order valence-electron chi connectivity index (χ1n) is 4.91. The van der Waals surface area contributed by atoms with Gasteiger partial charge in [0.05, 0.1) is 6.61 Å². The average molecular weight is 209 g/mol. The van der Waals surface area contributed by atoms with Gasteiger partial charge in [0.15, 0.2) is 0 Å². The molecule has 2 rings (SSSR count). The smallest absolute Gasteiger partial charge is 0.120 e. The van der Waals surface area contributed by atoms with Crippen LogP contribution in [0.3, 0.4) is 0 Å². The van der Waals surface area contributed by atoms with Gasteiger partial charge >= 0.3 is 0 Å². The van der Waals surface area contributed by atoms with E-state index >= 15 is 0 Å². The SMILES string of the molecule is Cc1ccccc1SC1CNCCO1. The van der Waals surface area contributed by atoms with Crippen LogP contribution in [0.25, 0.3) is 0 Å². The minimum absolute atomic E-state index is 0.268. The van der Waals surface area contributed by atoms with Gasteiger partial charge in [-0.2, -0.15) is 0 Å². The van der Waals surface area contributed by atoms with Gasteiger partial charge in [-0.05, 0) is 18.6 Å². The van der Waals surface area contributed by atoms with Crippen LogP contribution in [0.2, 0.25) is 0 Å². The predicted molar refractivity (Wildman–Crippen MR) is 59.6 cm³/mol. The molecule has 1 fully saturated rings. The topological polar surface area (TPSA) is 21.3 Å². The van der Waals surface area contributed by atoms with Crippen molar-refractivity contribution in [1.29, 1.82) is 0 Å². The lowest BCUT2D eigenvalue weighted by atomic mass is 10.2.